The van der Waals surface area contributed by atoms with Crippen LogP contribution in [0.3, 0.4) is 0 Å². The van der Waals surface area contributed by atoms with E-state index < -0.39 is 0 Å². The van der Waals surface area contributed by atoms with Crippen molar-refractivity contribution < 1.29 is 23.5 Å². The molecule has 1 heterocycles. The van der Waals surface area contributed by atoms with Crippen LogP contribution in [0, 0.1) is 0 Å². The van der Waals surface area contributed by atoms with Crippen LogP contribution < -0.4 is 9.47 Å². The third-order valence-corrected chi connectivity index (χ3v) is 4.41. The highest BCUT2D eigenvalue weighted by Crippen LogP contribution is 2.24. The van der Waals surface area contributed by atoms with Crippen LogP contribution in [0.5, 0.6) is 11.5 Å². The molecule has 0 spiro atoms. The van der Waals surface area contributed by atoms with Gasteiger partial charge in [0.25, 0.3) is 0 Å². The van der Waals surface area contributed by atoms with Crippen LogP contribution in [0.1, 0.15) is 11.3 Å². The Balaban J connectivity index is 1.79. The molecule has 0 bridgehead atoms. The van der Waals surface area contributed by atoms with Gasteiger partial charge in [0.1, 0.15) is 17.2 Å². The first-order valence-corrected chi connectivity index (χ1v) is 9.13. The summed E-state index contributed by atoms with van der Waals surface area (Å²) in [7, 11) is 4.58. The fourth-order valence-electron chi connectivity index (χ4n) is 2.98. The fraction of sp³-hybridized carbons (Fsp3) is 0.273. The number of methoxy groups -OCH3 is 3. The van der Waals surface area contributed by atoms with E-state index in [1.165, 1.54) is 7.11 Å². The van der Waals surface area contributed by atoms with Crippen molar-refractivity contribution in [3.05, 3.63) is 65.9 Å². The Morgan fingerprint density at radius 3 is 2.28 bits per heavy atom. The highest BCUT2D eigenvalue weighted by molar-refractivity contribution is 5.71. The topological polar surface area (TPSA) is 74.0 Å². The molecule has 1 aromatic heterocycles. The summed E-state index contributed by atoms with van der Waals surface area (Å²) in [5.74, 6) is 1.69. The number of rotatable bonds is 9. The van der Waals surface area contributed by atoms with Gasteiger partial charge in [-0.3, -0.25) is 9.69 Å². The smallest absolute Gasteiger partial charge is 0.319 e. The number of ether oxygens (including phenoxy) is 3. The average Bonchev–Trinajstić information content (AvgIpc) is 3.22. The van der Waals surface area contributed by atoms with Gasteiger partial charge in [0.05, 0.1) is 34.4 Å². The molecule has 0 aliphatic carbocycles. The second-order valence-corrected chi connectivity index (χ2v) is 6.49. The molecule has 0 aliphatic heterocycles. The first-order chi connectivity index (χ1) is 14.1. The molecule has 0 amide bonds. The van der Waals surface area contributed by atoms with Gasteiger partial charge in [-0.1, -0.05) is 35.5 Å². The van der Waals surface area contributed by atoms with Crippen molar-refractivity contribution in [2.75, 3.05) is 27.9 Å². The number of nitrogens with zero attached hydrogens (tertiary/aromatic N) is 2. The summed E-state index contributed by atoms with van der Waals surface area (Å²) in [6.07, 6.45) is 0. The molecule has 0 aliphatic rings. The Hall–Kier alpha value is -3.32. The van der Waals surface area contributed by atoms with Crippen LogP contribution >= 0.6 is 0 Å². The molecule has 0 saturated heterocycles. The van der Waals surface area contributed by atoms with Crippen molar-refractivity contribution in [1.29, 1.82) is 0 Å². The van der Waals surface area contributed by atoms with Gasteiger partial charge in [-0.05, 0) is 17.7 Å². The molecule has 3 aromatic rings. The summed E-state index contributed by atoms with van der Waals surface area (Å²) in [4.78, 5) is 13.8. The van der Waals surface area contributed by atoms with Crippen molar-refractivity contribution >= 4 is 5.97 Å². The SMILES string of the molecule is COC(=O)CN(Cc1cc(OC)cc(OC)c1)Cc1cc(-c2ccccc2)no1. The Morgan fingerprint density at radius 2 is 1.66 bits per heavy atom. The number of hydrogen-bond acceptors (Lipinski definition) is 7. The van der Waals surface area contributed by atoms with Gasteiger partial charge in [-0.2, -0.15) is 0 Å². The van der Waals surface area contributed by atoms with Gasteiger partial charge in [-0.15, -0.1) is 0 Å². The summed E-state index contributed by atoms with van der Waals surface area (Å²) in [6, 6.07) is 17.3. The van der Waals surface area contributed by atoms with Gasteiger partial charge >= 0.3 is 5.97 Å². The Morgan fingerprint density at radius 1 is 0.966 bits per heavy atom. The molecule has 0 fully saturated rings. The molecular formula is C22H24N2O5. The number of hydrogen-bond donors (Lipinski definition) is 0. The van der Waals surface area contributed by atoms with Crippen molar-refractivity contribution in [3.8, 4) is 22.8 Å². The molecule has 0 radical (unpaired) electrons. The number of carbonyl (C=O) groups is 1. The van der Waals surface area contributed by atoms with Gasteiger partial charge in [0, 0.05) is 24.2 Å². The molecule has 7 nitrogen and oxygen atoms in total. The molecular weight excluding hydrogens is 372 g/mol. The number of carbonyl (C=O) groups excluding carboxylic acids is 1. The van der Waals surface area contributed by atoms with E-state index in [0.29, 0.717) is 30.3 Å². The summed E-state index contributed by atoms with van der Waals surface area (Å²) in [5.41, 5.74) is 2.66. The zero-order valence-electron chi connectivity index (χ0n) is 16.8. The zero-order chi connectivity index (χ0) is 20.6. The maximum Gasteiger partial charge on any atom is 0.319 e. The quantitative estimate of drug-likeness (QED) is 0.512. The summed E-state index contributed by atoms with van der Waals surface area (Å²) in [6.45, 7) is 0.982. The largest absolute Gasteiger partial charge is 0.497 e. The van der Waals surface area contributed by atoms with Crippen molar-refractivity contribution in [1.82, 2.24) is 10.1 Å². The van der Waals surface area contributed by atoms with E-state index in [0.717, 1.165) is 16.8 Å². The van der Waals surface area contributed by atoms with E-state index in [9.17, 15) is 4.79 Å². The number of esters is 1. The minimum atomic E-state index is -0.331. The van der Waals surface area contributed by atoms with Gasteiger partial charge < -0.3 is 18.7 Å². The van der Waals surface area contributed by atoms with Crippen LogP contribution in [0.15, 0.2) is 59.1 Å². The normalized spacial score (nSPS) is 10.8. The lowest BCUT2D eigenvalue weighted by Gasteiger charge is -2.20. The highest BCUT2D eigenvalue weighted by atomic mass is 16.5. The van der Waals surface area contributed by atoms with Crippen molar-refractivity contribution in [2.24, 2.45) is 0 Å². The average molecular weight is 396 g/mol. The van der Waals surface area contributed by atoms with Crippen molar-refractivity contribution in [3.63, 3.8) is 0 Å². The zero-order valence-corrected chi connectivity index (χ0v) is 16.8. The maximum absolute atomic E-state index is 11.9. The molecule has 3 rings (SSSR count). The van der Waals surface area contributed by atoms with E-state index >= 15 is 0 Å². The van der Waals surface area contributed by atoms with Crippen molar-refractivity contribution in [2.45, 2.75) is 13.1 Å². The van der Waals surface area contributed by atoms with Gasteiger partial charge in [0.15, 0.2) is 5.76 Å². The summed E-state index contributed by atoms with van der Waals surface area (Å²) >= 11 is 0. The molecule has 2 aromatic carbocycles. The standard InChI is InChI=1S/C22H24N2O5/c1-26-18-9-16(10-19(11-18)27-2)13-24(15-22(25)28-3)14-20-12-21(23-29-20)17-7-5-4-6-8-17/h4-12H,13-15H2,1-3H3. The minimum absolute atomic E-state index is 0.109. The predicted octanol–water partition coefficient (Wildman–Crippen LogP) is 3.53. The van der Waals surface area contributed by atoms with E-state index in [1.54, 1.807) is 20.3 Å². The second kappa shape index (κ2) is 9.75. The second-order valence-electron chi connectivity index (χ2n) is 6.49. The number of aromatic nitrogens is 1. The number of benzene rings is 2. The third-order valence-electron chi connectivity index (χ3n) is 4.41. The van der Waals surface area contributed by atoms with Crippen LogP contribution in [0.25, 0.3) is 11.3 Å². The highest BCUT2D eigenvalue weighted by Gasteiger charge is 2.17. The molecule has 7 heteroatoms. The lowest BCUT2D eigenvalue weighted by atomic mass is 10.1. The van der Waals surface area contributed by atoms with E-state index in [4.69, 9.17) is 18.7 Å². The molecule has 0 atom stereocenters. The Kier molecular flexibility index (Phi) is 6.86. The first-order valence-electron chi connectivity index (χ1n) is 9.13. The lowest BCUT2D eigenvalue weighted by molar-refractivity contribution is -0.142. The molecule has 152 valence electrons. The van der Waals surface area contributed by atoms with E-state index in [-0.39, 0.29) is 12.5 Å². The van der Waals surface area contributed by atoms with Crippen LogP contribution in [0.4, 0.5) is 0 Å². The third kappa shape index (κ3) is 5.58. The van der Waals surface area contributed by atoms with Crippen LogP contribution in [-0.4, -0.2) is 43.9 Å². The summed E-state index contributed by atoms with van der Waals surface area (Å²) in [5, 5.41) is 4.14. The first kappa shape index (κ1) is 20.4. The van der Waals surface area contributed by atoms with E-state index in [2.05, 4.69) is 5.16 Å². The monoisotopic (exact) mass is 396 g/mol. The summed E-state index contributed by atoms with van der Waals surface area (Å²) < 4.78 is 21.0. The van der Waals surface area contributed by atoms with E-state index in [1.807, 2.05) is 53.4 Å². The fourth-order valence-corrected chi connectivity index (χ4v) is 2.98. The van der Waals surface area contributed by atoms with Crippen LogP contribution in [0.2, 0.25) is 0 Å². The predicted molar refractivity (Wildman–Crippen MR) is 108 cm³/mol. The molecule has 0 N–H and O–H groups in total. The van der Waals surface area contributed by atoms with Gasteiger partial charge in [0.2, 0.25) is 0 Å². The molecule has 29 heavy (non-hydrogen) atoms. The maximum atomic E-state index is 11.9. The van der Waals surface area contributed by atoms with Crippen LogP contribution in [-0.2, 0) is 22.6 Å². The molecule has 0 unspecified atom stereocenters. The molecule has 0 saturated carbocycles. The minimum Gasteiger partial charge on any atom is -0.497 e. The Labute approximate surface area is 169 Å². The lowest BCUT2D eigenvalue weighted by Crippen LogP contribution is -2.29. The Bertz CT molecular complexity index is 917. The van der Waals surface area contributed by atoms with Gasteiger partial charge in [-0.25, -0.2) is 0 Å².